The molecule has 2 heterocycles. The van der Waals surface area contributed by atoms with Gasteiger partial charge in [0.1, 0.15) is 11.7 Å². The molecule has 0 fully saturated rings. The van der Waals surface area contributed by atoms with E-state index in [0.29, 0.717) is 5.56 Å². The number of anilines is 1. The van der Waals surface area contributed by atoms with E-state index in [9.17, 15) is 18.4 Å². The van der Waals surface area contributed by atoms with E-state index >= 15 is 0 Å². The zero-order chi connectivity index (χ0) is 23.5. The van der Waals surface area contributed by atoms with Gasteiger partial charge in [-0.05, 0) is 45.8 Å². The van der Waals surface area contributed by atoms with Gasteiger partial charge in [-0.25, -0.2) is 13.8 Å². The molecule has 1 amide bonds. The number of Topliss-reactive ketones (excluding diaryl/α,β-unsaturated/α-hetero) is 1. The maximum absolute atomic E-state index is 14.0. The number of hydrogen-bond donors (Lipinski definition) is 1. The topological polar surface area (TPSA) is 74.7 Å². The normalized spacial score (nSPS) is 12.7. The van der Waals surface area contributed by atoms with Gasteiger partial charge < -0.3 is 10.2 Å². The molecule has 0 saturated carbocycles. The first-order chi connectivity index (χ1) is 15.8. The van der Waals surface area contributed by atoms with Gasteiger partial charge in [0.25, 0.3) is 5.91 Å². The van der Waals surface area contributed by atoms with Crippen molar-refractivity contribution in [1.29, 1.82) is 0 Å². The van der Waals surface area contributed by atoms with Gasteiger partial charge in [0.05, 0.1) is 6.54 Å². The lowest BCUT2D eigenvalue weighted by Crippen LogP contribution is -2.23. The SMILES string of the molecule is C.CN1CCN=C1c1ccc(C(=O)Cc2cc(F)c(F)cc2C(=O)Nc2ccc(Br)cn2)cc1. The van der Waals surface area contributed by atoms with Gasteiger partial charge in [-0.15, -0.1) is 0 Å². The van der Waals surface area contributed by atoms with Gasteiger partial charge in [-0.1, -0.05) is 31.7 Å². The second-order valence-electron chi connectivity index (χ2n) is 7.54. The highest BCUT2D eigenvalue weighted by Crippen LogP contribution is 2.20. The number of likely N-dealkylation sites (N-methyl/N-ethyl adjacent to an activating group) is 1. The van der Waals surface area contributed by atoms with Crippen molar-refractivity contribution in [1.82, 2.24) is 9.88 Å². The number of nitrogens with one attached hydrogen (secondary N) is 1. The Balaban J connectivity index is 0.00000324. The molecule has 0 aliphatic carbocycles. The second kappa shape index (κ2) is 10.6. The minimum absolute atomic E-state index is 0. The molecule has 9 heteroatoms. The Hall–Kier alpha value is -3.46. The summed E-state index contributed by atoms with van der Waals surface area (Å²) in [7, 11) is 1.95. The van der Waals surface area contributed by atoms with Crippen LogP contribution in [0.3, 0.4) is 0 Å². The molecular weight excluding hydrogens is 506 g/mol. The first-order valence-electron chi connectivity index (χ1n) is 10.1. The fraction of sp³-hybridized carbons (Fsp3) is 0.200. The van der Waals surface area contributed by atoms with Crippen molar-refractivity contribution in [2.45, 2.75) is 13.8 Å². The highest BCUT2D eigenvalue weighted by atomic mass is 79.9. The van der Waals surface area contributed by atoms with E-state index in [0.717, 1.165) is 41.1 Å². The minimum Gasteiger partial charge on any atom is -0.358 e. The molecule has 0 radical (unpaired) electrons. The molecule has 0 atom stereocenters. The number of rotatable bonds is 6. The van der Waals surface area contributed by atoms with Crippen molar-refractivity contribution in [3.63, 3.8) is 0 Å². The number of nitrogens with zero attached hydrogens (tertiary/aromatic N) is 3. The van der Waals surface area contributed by atoms with Crippen molar-refractivity contribution in [2.75, 3.05) is 25.5 Å². The fourth-order valence-electron chi connectivity index (χ4n) is 3.50. The van der Waals surface area contributed by atoms with E-state index in [1.807, 2.05) is 11.9 Å². The molecule has 1 N–H and O–H groups in total. The Kier molecular flexibility index (Phi) is 7.88. The van der Waals surface area contributed by atoms with E-state index in [4.69, 9.17) is 0 Å². The molecule has 0 saturated heterocycles. The lowest BCUT2D eigenvalue weighted by Gasteiger charge is -2.14. The number of carbonyl (C=O) groups is 2. The van der Waals surface area contributed by atoms with Gasteiger partial charge in [-0.2, -0.15) is 0 Å². The van der Waals surface area contributed by atoms with Crippen LogP contribution in [0.25, 0.3) is 0 Å². The molecule has 1 aromatic heterocycles. The minimum atomic E-state index is -1.18. The maximum atomic E-state index is 14.0. The van der Waals surface area contributed by atoms with Crippen LogP contribution in [-0.4, -0.2) is 47.5 Å². The van der Waals surface area contributed by atoms with Gasteiger partial charge in [0.15, 0.2) is 17.4 Å². The van der Waals surface area contributed by atoms with Crippen molar-refractivity contribution in [2.24, 2.45) is 4.99 Å². The van der Waals surface area contributed by atoms with Gasteiger partial charge in [0, 0.05) is 47.4 Å². The number of aliphatic imine (C=N–C) groups is 1. The van der Waals surface area contributed by atoms with E-state index in [1.165, 1.54) is 6.20 Å². The zero-order valence-corrected chi connectivity index (χ0v) is 19.2. The summed E-state index contributed by atoms with van der Waals surface area (Å²) in [5, 5.41) is 2.54. The van der Waals surface area contributed by atoms with E-state index in [2.05, 4.69) is 31.2 Å². The van der Waals surface area contributed by atoms with Crippen molar-refractivity contribution in [3.8, 4) is 0 Å². The third-order valence-corrected chi connectivity index (χ3v) is 5.70. The Morgan fingerprint density at radius 3 is 2.41 bits per heavy atom. The number of carbonyl (C=O) groups excluding carboxylic acids is 2. The number of halogens is 3. The predicted molar refractivity (Wildman–Crippen MR) is 131 cm³/mol. The smallest absolute Gasteiger partial charge is 0.257 e. The van der Waals surface area contributed by atoms with Crippen LogP contribution in [0.2, 0.25) is 0 Å². The lowest BCUT2D eigenvalue weighted by molar-refractivity contribution is 0.0992. The van der Waals surface area contributed by atoms with Gasteiger partial charge >= 0.3 is 0 Å². The second-order valence-corrected chi connectivity index (χ2v) is 8.46. The molecule has 0 spiro atoms. The average molecular weight is 529 g/mol. The van der Waals surface area contributed by atoms with E-state index in [1.54, 1.807) is 36.4 Å². The number of aromatic nitrogens is 1. The fourth-order valence-corrected chi connectivity index (χ4v) is 3.74. The number of hydrogen-bond acceptors (Lipinski definition) is 5. The molecular formula is C25H23BrF2N4O2. The number of ketones is 1. The number of amidine groups is 1. The van der Waals surface area contributed by atoms with Crippen LogP contribution in [0.15, 0.2) is 64.2 Å². The molecule has 0 bridgehead atoms. The summed E-state index contributed by atoms with van der Waals surface area (Å²) in [5.74, 6) is -2.23. The average Bonchev–Trinajstić information content (AvgIpc) is 3.23. The summed E-state index contributed by atoms with van der Waals surface area (Å²) in [6, 6.07) is 11.8. The molecule has 6 nitrogen and oxygen atoms in total. The van der Waals surface area contributed by atoms with Crippen molar-refractivity contribution < 1.29 is 18.4 Å². The number of benzene rings is 2. The van der Waals surface area contributed by atoms with Gasteiger partial charge in [-0.3, -0.25) is 14.6 Å². The summed E-state index contributed by atoms with van der Waals surface area (Å²) in [6.45, 7) is 1.57. The Morgan fingerprint density at radius 2 is 1.79 bits per heavy atom. The highest BCUT2D eigenvalue weighted by Gasteiger charge is 2.20. The van der Waals surface area contributed by atoms with E-state index < -0.39 is 17.5 Å². The monoisotopic (exact) mass is 528 g/mol. The van der Waals surface area contributed by atoms with Crippen molar-refractivity contribution >= 4 is 39.3 Å². The molecule has 176 valence electrons. The Labute approximate surface area is 204 Å². The lowest BCUT2D eigenvalue weighted by atomic mass is 9.97. The summed E-state index contributed by atoms with van der Waals surface area (Å²) in [5.41, 5.74) is 1.23. The third-order valence-electron chi connectivity index (χ3n) is 5.23. The summed E-state index contributed by atoms with van der Waals surface area (Å²) < 4.78 is 28.6. The Morgan fingerprint density at radius 1 is 1.09 bits per heavy atom. The molecule has 1 aliphatic heterocycles. The first-order valence-corrected chi connectivity index (χ1v) is 10.9. The number of amides is 1. The molecule has 2 aromatic carbocycles. The van der Waals surface area contributed by atoms with Crippen LogP contribution in [0.1, 0.15) is 39.3 Å². The molecule has 3 aromatic rings. The van der Waals surface area contributed by atoms with Gasteiger partial charge in [0.2, 0.25) is 0 Å². The predicted octanol–water partition coefficient (Wildman–Crippen LogP) is 5.13. The third kappa shape index (κ3) is 5.53. The van der Waals surface area contributed by atoms with Crippen LogP contribution in [0, 0.1) is 11.6 Å². The van der Waals surface area contributed by atoms with E-state index in [-0.39, 0.29) is 36.6 Å². The largest absolute Gasteiger partial charge is 0.358 e. The molecule has 4 rings (SSSR count). The summed E-state index contributed by atoms with van der Waals surface area (Å²) in [6.07, 6.45) is 1.22. The standard InChI is InChI=1S/C24H19BrF2N4O2.CH4/c1-31-9-8-28-23(31)15-4-2-14(3-5-15)21(32)11-16-10-19(26)20(27)12-18(16)24(33)30-22-7-6-17(25)13-29-22;/h2-7,10,12-13H,8-9,11H2,1H3,(H,29,30,33);1H4. The molecule has 0 unspecified atom stereocenters. The van der Waals surface area contributed by atoms with Crippen molar-refractivity contribution in [3.05, 3.63) is 93.1 Å². The van der Waals surface area contributed by atoms with Crippen LogP contribution < -0.4 is 5.32 Å². The van der Waals surface area contributed by atoms with Crippen LogP contribution in [0.4, 0.5) is 14.6 Å². The maximum Gasteiger partial charge on any atom is 0.257 e. The van der Waals surface area contributed by atoms with Crippen LogP contribution >= 0.6 is 15.9 Å². The summed E-state index contributed by atoms with van der Waals surface area (Å²) >= 11 is 3.25. The van der Waals surface area contributed by atoms with Crippen LogP contribution in [0.5, 0.6) is 0 Å². The number of pyridine rings is 1. The molecule has 1 aliphatic rings. The summed E-state index contributed by atoms with van der Waals surface area (Å²) in [4.78, 5) is 36.1. The first kappa shape index (κ1) is 25.2. The highest BCUT2D eigenvalue weighted by molar-refractivity contribution is 9.10. The Bertz CT molecular complexity index is 1250. The quantitative estimate of drug-likeness (QED) is 0.450. The zero-order valence-electron chi connectivity index (χ0n) is 17.6. The molecule has 34 heavy (non-hydrogen) atoms. The van der Waals surface area contributed by atoms with Crippen LogP contribution in [-0.2, 0) is 6.42 Å².